The van der Waals surface area contributed by atoms with E-state index in [9.17, 15) is 4.79 Å². The van der Waals surface area contributed by atoms with Gasteiger partial charge < -0.3 is 20.4 Å². The van der Waals surface area contributed by atoms with Crippen LogP contribution in [0.25, 0.3) is 10.9 Å². The molecule has 2 fully saturated rings. The Morgan fingerprint density at radius 1 is 1.15 bits per heavy atom. The predicted molar refractivity (Wildman–Crippen MR) is 131 cm³/mol. The van der Waals surface area contributed by atoms with Crippen LogP contribution in [0, 0.1) is 11.3 Å². The van der Waals surface area contributed by atoms with Crippen LogP contribution in [0.3, 0.4) is 0 Å². The Kier molecular flexibility index (Phi) is 5.91. The number of carbonyl (C=O) groups is 1. The standard InChI is InChI=1S/C24H25N9O/c1-2-21(34)28-17-5-6-19-20(11-17)30-24(32-8-3-4-9-32)31-22(19)33-10-7-18(15-33)29-23-26-13-16(12-25)14-27-23/h2,5-6,11,13-14,18H,1,3-4,7-10,15H2,(H,28,34)(H,26,27,29). The first kappa shape index (κ1) is 21.6. The molecule has 0 radical (unpaired) electrons. The number of rotatable bonds is 6. The third kappa shape index (κ3) is 4.45. The highest BCUT2D eigenvalue weighted by Crippen LogP contribution is 2.32. The van der Waals surface area contributed by atoms with Gasteiger partial charge in [-0.25, -0.2) is 15.0 Å². The monoisotopic (exact) mass is 455 g/mol. The average molecular weight is 456 g/mol. The zero-order chi connectivity index (χ0) is 23.5. The largest absolute Gasteiger partial charge is 0.354 e. The maximum absolute atomic E-state index is 11.8. The van der Waals surface area contributed by atoms with Crippen LogP contribution < -0.4 is 20.4 Å². The van der Waals surface area contributed by atoms with E-state index in [4.69, 9.17) is 15.2 Å². The highest BCUT2D eigenvalue weighted by molar-refractivity contribution is 6.01. The summed E-state index contributed by atoms with van der Waals surface area (Å²) in [5.41, 5.74) is 1.90. The van der Waals surface area contributed by atoms with Crippen LogP contribution in [0.1, 0.15) is 24.8 Å². The predicted octanol–water partition coefficient (Wildman–Crippen LogP) is 2.71. The van der Waals surface area contributed by atoms with E-state index in [1.807, 2.05) is 24.3 Å². The molecule has 1 amide bonds. The van der Waals surface area contributed by atoms with Gasteiger partial charge in [0.15, 0.2) is 0 Å². The number of aromatic nitrogens is 4. The van der Waals surface area contributed by atoms with Crippen molar-refractivity contribution in [3.8, 4) is 6.07 Å². The fraction of sp³-hybridized carbons (Fsp3) is 0.333. The first-order valence-corrected chi connectivity index (χ1v) is 11.4. The minimum Gasteiger partial charge on any atom is -0.354 e. The lowest BCUT2D eigenvalue weighted by Crippen LogP contribution is -2.28. The average Bonchev–Trinajstić information content (AvgIpc) is 3.56. The molecule has 10 heteroatoms. The first-order chi connectivity index (χ1) is 16.6. The lowest BCUT2D eigenvalue weighted by molar-refractivity contribution is -0.111. The van der Waals surface area contributed by atoms with Crippen molar-refractivity contribution >= 4 is 40.2 Å². The molecule has 1 unspecified atom stereocenters. The van der Waals surface area contributed by atoms with Gasteiger partial charge in [-0.1, -0.05) is 6.58 Å². The number of nitrogens with zero attached hydrogens (tertiary/aromatic N) is 7. The molecular weight excluding hydrogens is 430 g/mol. The van der Waals surface area contributed by atoms with E-state index < -0.39 is 0 Å². The molecule has 0 saturated carbocycles. The minimum absolute atomic E-state index is 0.152. The molecule has 1 aromatic carbocycles. The quantitative estimate of drug-likeness (QED) is 0.540. The lowest BCUT2D eigenvalue weighted by atomic mass is 10.2. The number of hydrogen-bond acceptors (Lipinski definition) is 9. The third-order valence-electron chi connectivity index (χ3n) is 6.11. The van der Waals surface area contributed by atoms with Gasteiger partial charge in [0.05, 0.1) is 23.5 Å². The van der Waals surface area contributed by atoms with Gasteiger partial charge in [0.25, 0.3) is 0 Å². The molecule has 2 aliphatic rings. The van der Waals surface area contributed by atoms with Crippen LogP contribution in [0.4, 0.5) is 23.4 Å². The second-order valence-electron chi connectivity index (χ2n) is 8.45. The Balaban J connectivity index is 1.43. The molecule has 2 N–H and O–H groups in total. The molecule has 34 heavy (non-hydrogen) atoms. The van der Waals surface area contributed by atoms with Crippen molar-refractivity contribution in [2.75, 3.05) is 46.6 Å². The highest BCUT2D eigenvalue weighted by Gasteiger charge is 2.27. The van der Waals surface area contributed by atoms with Crippen molar-refractivity contribution in [2.24, 2.45) is 0 Å². The summed E-state index contributed by atoms with van der Waals surface area (Å²) in [5, 5.41) is 16.1. The summed E-state index contributed by atoms with van der Waals surface area (Å²) >= 11 is 0. The second kappa shape index (κ2) is 9.31. The molecule has 10 nitrogen and oxygen atoms in total. The molecule has 0 bridgehead atoms. The van der Waals surface area contributed by atoms with Crippen molar-refractivity contribution in [1.82, 2.24) is 19.9 Å². The number of carbonyl (C=O) groups excluding carboxylic acids is 1. The van der Waals surface area contributed by atoms with Crippen LogP contribution in [0.5, 0.6) is 0 Å². The molecule has 0 spiro atoms. The fourth-order valence-corrected chi connectivity index (χ4v) is 4.38. The molecule has 172 valence electrons. The Morgan fingerprint density at radius 3 is 2.68 bits per heavy atom. The Hall–Kier alpha value is -4.26. The van der Waals surface area contributed by atoms with Gasteiger partial charge in [0.1, 0.15) is 11.9 Å². The molecule has 2 aliphatic heterocycles. The van der Waals surface area contributed by atoms with Crippen molar-refractivity contribution in [3.05, 3.63) is 48.8 Å². The number of nitrogens with one attached hydrogen (secondary N) is 2. The first-order valence-electron chi connectivity index (χ1n) is 11.4. The van der Waals surface area contributed by atoms with E-state index in [-0.39, 0.29) is 11.9 Å². The fourth-order valence-electron chi connectivity index (χ4n) is 4.38. The molecule has 2 aromatic heterocycles. The Labute approximate surface area is 197 Å². The molecule has 4 heterocycles. The molecule has 3 aromatic rings. The van der Waals surface area contributed by atoms with Crippen LogP contribution in [-0.2, 0) is 4.79 Å². The Bertz CT molecular complexity index is 1260. The highest BCUT2D eigenvalue weighted by atomic mass is 16.1. The van der Waals surface area contributed by atoms with Gasteiger partial charge in [0, 0.05) is 43.3 Å². The topological polar surface area (TPSA) is 123 Å². The van der Waals surface area contributed by atoms with E-state index in [1.165, 1.54) is 18.5 Å². The van der Waals surface area contributed by atoms with Gasteiger partial charge in [-0.2, -0.15) is 10.2 Å². The number of hydrogen-bond donors (Lipinski definition) is 2. The van der Waals surface area contributed by atoms with Gasteiger partial charge in [-0.05, 0) is 43.5 Å². The smallest absolute Gasteiger partial charge is 0.247 e. The number of anilines is 4. The van der Waals surface area contributed by atoms with Crippen LogP contribution in [0.2, 0.25) is 0 Å². The van der Waals surface area contributed by atoms with Crippen molar-refractivity contribution in [1.29, 1.82) is 5.26 Å². The van der Waals surface area contributed by atoms with Crippen LogP contribution in [0.15, 0.2) is 43.2 Å². The maximum atomic E-state index is 11.8. The van der Waals surface area contributed by atoms with E-state index >= 15 is 0 Å². The zero-order valence-electron chi connectivity index (χ0n) is 18.7. The SMILES string of the molecule is C=CC(=O)Nc1ccc2c(N3CCC(Nc4ncc(C#N)cn4)C3)nc(N3CCCC3)nc2c1. The van der Waals surface area contributed by atoms with Crippen molar-refractivity contribution < 1.29 is 4.79 Å². The summed E-state index contributed by atoms with van der Waals surface area (Å²) < 4.78 is 0. The normalized spacial score (nSPS) is 17.6. The summed E-state index contributed by atoms with van der Waals surface area (Å²) in [6.07, 6.45) is 7.45. The van der Waals surface area contributed by atoms with E-state index in [0.29, 0.717) is 17.2 Å². The molecule has 1 atom stereocenters. The third-order valence-corrected chi connectivity index (χ3v) is 6.11. The van der Waals surface area contributed by atoms with Crippen LogP contribution in [-0.4, -0.2) is 58.1 Å². The molecule has 2 saturated heterocycles. The van der Waals surface area contributed by atoms with E-state index in [0.717, 1.165) is 68.1 Å². The van der Waals surface area contributed by atoms with Crippen molar-refractivity contribution in [2.45, 2.75) is 25.3 Å². The van der Waals surface area contributed by atoms with Crippen molar-refractivity contribution in [3.63, 3.8) is 0 Å². The summed E-state index contributed by atoms with van der Waals surface area (Å²) in [6.45, 7) is 6.97. The lowest BCUT2D eigenvalue weighted by Gasteiger charge is -2.23. The number of fused-ring (bicyclic) bond motifs is 1. The summed E-state index contributed by atoms with van der Waals surface area (Å²) in [7, 11) is 0. The molecule has 0 aliphatic carbocycles. The van der Waals surface area contributed by atoms with Gasteiger partial charge in [-0.15, -0.1) is 0 Å². The van der Waals surface area contributed by atoms with Gasteiger partial charge in [-0.3, -0.25) is 4.79 Å². The summed E-state index contributed by atoms with van der Waals surface area (Å²) in [6, 6.07) is 7.89. The zero-order valence-corrected chi connectivity index (χ0v) is 18.7. The van der Waals surface area contributed by atoms with E-state index in [2.05, 4.69) is 37.0 Å². The van der Waals surface area contributed by atoms with Gasteiger partial charge >= 0.3 is 0 Å². The number of nitriles is 1. The maximum Gasteiger partial charge on any atom is 0.247 e. The van der Waals surface area contributed by atoms with Gasteiger partial charge in [0.2, 0.25) is 17.8 Å². The molecular formula is C24H25N9O. The Morgan fingerprint density at radius 2 is 1.94 bits per heavy atom. The minimum atomic E-state index is -0.258. The summed E-state index contributed by atoms with van der Waals surface area (Å²) in [4.78, 5) is 34.5. The number of benzene rings is 1. The van der Waals surface area contributed by atoms with Crippen LogP contribution >= 0.6 is 0 Å². The number of amides is 1. The van der Waals surface area contributed by atoms with E-state index in [1.54, 1.807) is 0 Å². The second-order valence-corrected chi connectivity index (χ2v) is 8.45. The summed E-state index contributed by atoms with van der Waals surface area (Å²) in [5.74, 6) is 1.86. The molecule has 5 rings (SSSR count).